The molecule has 0 aliphatic rings. The van der Waals surface area contributed by atoms with Crippen molar-refractivity contribution in [1.29, 1.82) is 0 Å². The van der Waals surface area contributed by atoms with Gasteiger partial charge in [-0.1, -0.05) is 70.6 Å². The fourth-order valence-corrected chi connectivity index (χ4v) is 2.31. The molecular formula is C19H35NO. The number of hydrogen-bond acceptors (Lipinski definition) is 2. The first-order chi connectivity index (χ1) is 10.3. The zero-order chi connectivity index (χ0) is 15.6. The van der Waals surface area contributed by atoms with Crippen molar-refractivity contribution >= 4 is 6.29 Å². The van der Waals surface area contributed by atoms with Gasteiger partial charge in [0.15, 0.2) is 6.29 Å². The maximum Gasteiger partial charge on any atom is 0.165 e. The average molecular weight is 293 g/mol. The van der Waals surface area contributed by atoms with E-state index in [0.717, 1.165) is 25.7 Å². The van der Waals surface area contributed by atoms with E-state index >= 15 is 0 Å². The number of hydrogen-bond donors (Lipinski definition) is 1. The number of aldehydes is 1. The minimum absolute atomic E-state index is 0.486. The Balaban J connectivity index is 3.12. The molecule has 0 bridgehead atoms. The molecule has 0 fully saturated rings. The summed E-state index contributed by atoms with van der Waals surface area (Å²) in [6.07, 6.45) is 21.2. The van der Waals surface area contributed by atoms with E-state index in [4.69, 9.17) is 0 Å². The van der Waals surface area contributed by atoms with Gasteiger partial charge in [-0.2, -0.15) is 0 Å². The Morgan fingerprint density at radius 2 is 1.38 bits per heavy atom. The molecule has 0 spiro atoms. The van der Waals surface area contributed by atoms with E-state index in [1.165, 1.54) is 64.2 Å². The van der Waals surface area contributed by atoms with Gasteiger partial charge in [-0.3, -0.25) is 4.79 Å². The summed E-state index contributed by atoms with van der Waals surface area (Å²) in [5.74, 6) is 0. The molecule has 0 aromatic heterocycles. The lowest BCUT2D eigenvalue weighted by Crippen LogP contribution is -2.14. The minimum atomic E-state index is 0.486. The SMILES string of the molecule is C=C(C=O)NCCCC/C=C\CCCCCCCCCC. The lowest BCUT2D eigenvalue weighted by Gasteiger charge is -2.02. The Labute approximate surface area is 132 Å². The summed E-state index contributed by atoms with van der Waals surface area (Å²) in [6, 6.07) is 0. The van der Waals surface area contributed by atoms with Crippen LogP contribution in [0.1, 0.15) is 84.0 Å². The summed E-state index contributed by atoms with van der Waals surface area (Å²) in [7, 11) is 0. The van der Waals surface area contributed by atoms with E-state index in [1.807, 2.05) is 0 Å². The summed E-state index contributed by atoms with van der Waals surface area (Å²) in [5.41, 5.74) is 0.486. The molecule has 0 amide bonds. The Morgan fingerprint density at radius 1 is 0.857 bits per heavy atom. The fourth-order valence-electron chi connectivity index (χ4n) is 2.31. The van der Waals surface area contributed by atoms with Crippen LogP contribution >= 0.6 is 0 Å². The van der Waals surface area contributed by atoms with E-state index in [1.54, 1.807) is 0 Å². The van der Waals surface area contributed by atoms with Crippen LogP contribution in [0.5, 0.6) is 0 Å². The summed E-state index contributed by atoms with van der Waals surface area (Å²) in [5, 5.41) is 2.99. The summed E-state index contributed by atoms with van der Waals surface area (Å²) < 4.78 is 0. The molecule has 0 aliphatic carbocycles. The monoisotopic (exact) mass is 293 g/mol. The van der Waals surface area contributed by atoms with Gasteiger partial charge in [0.05, 0.1) is 5.70 Å². The highest BCUT2D eigenvalue weighted by Crippen LogP contribution is 2.10. The van der Waals surface area contributed by atoms with E-state index < -0.39 is 0 Å². The van der Waals surface area contributed by atoms with Crippen LogP contribution in [0.25, 0.3) is 0 Å². The first-order valence-corrected chi connectivity index (χ1v) is 8.84. The van der Waals surface area contributed by atoms with Crippen molar-refractivity contribution < 1.29 is 4.79 Å². The summed E-state index contributed by atoms with van der Waals surface area (Å²) in [4.78, 5) is 10.3. The van der Waals surface area contributed by atoms with Gasteiger partial charge in [0.1, 0.15) is 0 Å². The number of carbonyl (C=O) groups is 1. The van der Waals surface area contributed by atoms with Gasteiger partial charge in [0.25, 0.3) is 0 Å². The first-order valence-electron chi connectivity index (χ1n) is 8.84. The third-order valence-electron chi connectivity index (χ3n) is 3.68. The van der Waals surface area contributed by atoms with Crippen molar-refractivity contribution in [3.63, 3.8) is 0 Å². The maximum absolute atomic E-state index is 10.3. The molecule has 0 heterocycles. The standard InChI is InChI=1S/C19H35NO/c1-3-4-5-6-7-8-9-10-11-12-13-14-15-16-17-20-19(2)18-21/h12-13,18,20H,2-11,14-17H2,1H3/b13-12-. The van der Waals surface area contributed by atoms with Crippen molar-refractivity contribution in [2.24, 2.45) is 0 Å². The molecule has 0 aliphatic heterocycles. The number of allylic oxidation sites excluding steroid dienone is 3. The molecule has 0 saturated heterocycles. The van der Waals surface area contributed by atoms with Gasteiger partial charge >= 0.3 is 0 Å². The molecule has 0 saturated carbocycles. The van der Waals surface area contributed by atoms with E-state index in [0.29, 0.717) is 5.70 Å². The van der Waals surface area contributed by atoms with Crippen LogP contribution in [0.15, 0.2) is 24.4 Å². The van der Waals surface area contributed by atoms with Crippen LogP contribution < -0.4 is 5.32 Å². The van der Waals surface area contributed by atoms with Crippen LogP contribution in [-0.4, -0.2) is 12.8 Å². The highest BCUT2D eigenvalue weighted by Gasteiger charge is 1.91. The molecule has 0 atom stereocenters. The number of carbonyl (C=O) groups excluding carboxylic acids is 1. The predicted molar refractivity (Wildman–Crippen MR) is 93.4 cm³/mol. The van der Waals surface area contributed by atoms with Crippen molar-refractivity contribution in [3.05, 3.63) is 24.4 Å². The molecule has 2 nitrogen and oxygen atoms in total. The quantitative estimate of drug-likeness (QED) is 0.175. The Hall–Kier alpha value is -1.05. The highest BCUT2D eigenvalue weighted by atomic mass is 16.1. The van der Waals surface area contributed by atoms with Crippen LogP contribution in [-0.2, 0) is 4.79 Å². The van der Waals surface area contributed by atoms with Gasteiger partial charge < -0.3 is 5.32 Å². The smallest absolute Gasteiger partial charge is 0.165 e. The molecule has 21 heavy (non-hydrogen) atoms. The third kappa shape index (κ3) is 16.9. The van der Waals surface area contributed by atoms with E-state index in [2.05, 4.69) is 31.0 Å². The van der Waals surface area contributed by atoms with E-state index in [-0.39, 0.29) is 0 Å². The van der Waals surface area contributed by atoms with Gasteiger partial charge in [-0.15, -0.1) is 0 Å². The maximum atomic E-state index is 10.3. The highest BCUT2D eigenvalue weighted by molar-refractivity contribution is 5.70. The molecule has 1 N–H and O–H groups in total. The second-order valence-corrected chi connectivity index (χ2v) is 5.80. The van der Waals surface area contributed by atoms with Crippen molar-refractivity contribution in [2.75, 3.05) is 6.54 Å². The van der Waals surface area contributed by atoms with Crippen LogP contribution in [0.3, 0.4) is 0 Å². The van der Waals surface area contributed by atoms with Gasteiger partial charge in [0.2, 0.25) is 0 Å². The van der Waals surface area contributed by atoms with Crippen LogP contribution in [0.2, 0.25) is 0 Å². The number of rotatable bonds is 16. The summed E-state index contributed by atoms with van der Waals surface area (Å²) in [6.45, 7) is 6.70. The lowest BCUT2D eigenvalue weighted by molar-refractivity contribution is -0.105. The topological polar surface area (TPSA) is 29.1 Å². The molecule has 2 heteroatoms. The zero-order valence-corrected chi connectivity index (χ0v) is 14.0. The van der Waals surface area contributed by atoms with Crippen LogP contribution in [0.4, 0.5) is 0 Å². The second-order valence-electron chi connectivity index (χ2n) is 5.80. The fraction of sp³-hybridized carbons (Fsp3) is 0.737. The third-order valence-corrected chi connectivity index (χ3v) is 3.68. The van der Waals surface area contributed by atoms with Crippen molar-refractivity contribution in [2.45, 2.75) is 84.0 Å². The molecule has 0 unspecified atom stereocenters. The molecule has 0 aromatic carbocycles. The first kappa shape index (κ1) is 19.9. The Kier molecular flexibility index (Phi) is 16.2. The van der Waals surface area contributed by atoms with Gasteiger partial charge in [-0.05, 0) is 32.1 Å². The van der Waals surface area contributed by atoms with Gasteiger partial charge in [0, 0.05) is 6.54 Å². The molecule has 0 rings (SSSR count). The van der Waals surface area contributed by atoms with Gasteiger partial charge in [-0.25, -0.2) is 0 Å². The minimum Gasteiger partial charge on any atom is -0.383 e. The van der Waals surface area contributed by atoms with Crippen molar-refractivity contribution in [3.8, 4) is 0 Å². The zero-order valence-electron chi connectivity index (χ0n) is 14.0. The van der Waals surface area contributed by atoms with Crippen LogP contribution in [0, 0.1) is 0 Å². The Bertz CT molecular complexity index is 271. The van der Waals surface area contributed by atoms with Crippen molar-refractivity contribution in [1.82, 2.24) is 5.32 Å². The lowest BCUT2D eigenvalue weighted by atomic mass is 10.1. The molecule has 122 valence electrons. The number of nitrogens with one attached hydrogen (secondary N) is 1. The average Bonchev–Trinajstić information content (AvgIpc) is 2.50. The normalized spacial score (nSPS) is 10.9. The Morgan fingerprint density at radius 3 is 1.95 bits per heavy atom. The molecular weight excluding hydrogens is 258 g/mol. The molecule has 0 radical (unpaired) electrons. The molecule has 0 aromatic rings. The largest absolute Gasteiger partial charge is 0.383 e. The predicted octanol–water partition coefficient (Wildman–Crippen LogP) is 5.55. The second kappa shape index (κ2) is 17.0. The van der Waals surface area contributed by atoms with E-state index in [9.17, 15) is 4.79 Å². The number of unbranched alkanes of at least 4 members (excludes halogenated alkanes) is 10. The summed E-state index contributed by atoms with van der Waals surface area (Å²) >= 11 is 0.